The Morgan fingerprint density at radius 1 is 1.29 bits per heavy atom. The van der Waals surface area contributed by atoms with E-state index in [1.165, 1.54) is 40.9 Å². The molecule has 1 aliphatic heterocycles. The minimum Gasteiger partial charge on any atom is -0.463 e. The first kappa shape index (κ1) is 27.1. The summed E-state index contributed by atoms with van der Waals surface area (Å²) in [5.74, 6) is -1.82. The topological polar surface area (TPSA) is 185 Å². The fraction of sp³-hybridized carbons (Fsp3) is 0.400. The van der Waals surface area contributed by atoms with Gasteiger partial charge < -0.3 is 30.7 Å². The molecule has 1 aromatic carbocycles. The summed E-state index contributed by atoms with van der Waals surface area (Å²) in [6.07, 6.45) is -3.14. The molecular formula is C25H27FN6O6. The molecule has 5 atom stereocenters. The van der Waals surface area contributed by atoms with Crippen molar-refractivity contribution in [2.24, 2.45) is 11.7 Å². The predicted molar refractivity (Wildman–Crippen MR) is 130 cm³/mol. The van der Waals surface area contributed by atoms with Crippen LogP contribution in [-0.4, -0.2) is 67.6 Å². The van der Waals surface area contributed by atoms with E-state index in [4.69, 9.17) is 15.2 Å². The number of esters is 1. The number of nitrogens with two attached hydrogens (primary N) is 1. The number of carbonyl (C=O) groups excluding carboxylic acids is 2. The standard InChI is InChI=1S/C25H27FN6O6/c1-13(2)24(36)37-10-18-20(33)21(34)25(11-27,38-18)19-8-7-17-22(29-12-30-32(17)19)31-23(35)16(28)9-14-3-5-15(26)6-4-14/h3-8,12-13,16,18,20-21,33-34H,9-10,28H2,1-2H3,(H,29,30,31,35)/t16-,18+,20+,21+,25-/m0/s1. The number of ether oxygens (including phenoxy) is 2. The average molecular weight is 527 g/mol. The maximum absolute atomic E-state index is 13.1. The van der Waals surface area contributed by atoms with Gasteiger partial charge >= 0.3 is 5.97 Å². The van der Waals surface area contributed by atoms with Crippen LogP contribution in [0.3, 0.4) is 0 Å². The fourth-order valence-corrected chi connectivity index (χ4v) is 4.13. The average Bonchev–Trinajstić information content (AvgIpc) is 3.44. The molecule has 3 heterocycles. The maximum Gasteiger partial charge on any atom is 0.308 e. The third-order valence-electron chi connectivity index (χ3n) is 6.27. The van der Waals surface area contributed by atoms with Gasteiger partial charge in [-0.25, -0.2) is 13.9 Å². The molecule has 4 rings (SSSR count). The number of hydrogen-bond donors (Lipinski definition) is 4. The van der Waals surface area contributed by atoms with E-state index in [1.807, 2.05) is 6.07 Å². The molecule has 3 aromatic rings. The van der Waals surface area contributed by atoms with Crippen LogP contribution in [0.2, 0.25) is 0 Å². The monoisotopic (exact) mass is 526 g/mol. The summed E-state index contributed by atoms with van der Waals surface area (Å²) in [6, 6.07) is 9.50. The van der Waals surface area contributed by atoms with Crippen LogP contribution in [0.5, 0.6) is 0 Å². The first-order valence-corrected chi connectivity index (χ1v) is 11.8. The summed E-state index contributed by atoms with van der Waals surface area (Å²) in [6.45, 7) is 2.91. The van der Waals surface area contributed by atoms with Crippen molar-refractivity contribution in [3.8, 4) is 6.07 Å². The molecule has 5 N–H and O–H groups in total. The molecule has 0 spiro atoms. The third kappa shape index (κ3) is 5.07. The van der Waals surface area contributed by atoms with Gasteiger partial charge in [0.2, 0.25) is 11.5 Å². The highest BCUT2D eigenvalue weighted by atomic mass is 19.1. The number of rotatable bonds is 8. The molecule has 38 heavy (non-hydrogen) atoms. The van der Waals surface area contributed by atoms with E-state index < -0.39 is 53.6 Å². The highest BCUT2D eigenvalue weighted by Gasteiger charge is 2.57. The van der Waals surface area contributed by atoms with E-state index in [9.17, 15) is 29.5 Å². The molecule has 200 valence electrons. The van der Waals surface area contributed by atoms with Gasteiger partial charge in [0.15, 0.2) is 5.82 Å². The SMILES string of the molecule is CC(C)C(=O)OC[C@H]1O[C@@](C#N)(c2ccc3c(NC(=O)[C@@H](N)Cc4ccc(F)cc4)ncnn23)[C@H](O)[C@@H]1O. The molecular weight excluding hydrogens is 499 g/mol. The number of aliphatic hydroxyl groups excluding tert-OH is 2. The molecule has 0 unspecified atom stereocenters. The van der Waals surface area contributed by atoms with Gasteiger partial charge in [-0.05, 0) is 36.2 Å². The zero-order valence-corrected chi connectivity index (χ0v) is 20.6. The van der Waals surface area contributed by atoms with Crippen LogP contribution in [0, 0.1) is 23.1 Å². The zero-order chi connectivity index (χ0) is 27.6. The van der Waals surface area contributed by atoms with Crippen LogP contribution < -0.4 is 11.1 Å². The van der Waals surface area contributed by atoms with E-state index in [1.54, 1.807) is 13.8 Å². The van der Waals surface area contributed by atoms with Crippen LogP contribution in [0.25, 0.3) is 5.52 Å². The lowest BCUT2D eigenvalue weighted by atomic mass is 9.92. The normalized spacial score (nSPS) is 23.8. The number of nitriles is 1. The molecule has 1 saturated heterocycles. The predicted octanol–water partition coefficient (Wildman–Crippen LogP) is 0.416. The second-order valence-corrected chi connectivity index (χ2v) is 9.27. The lowest BCUT2D eigenvalue weighted by Gasteiger charge is -2.24. The van der Waals surface area contributed by atoms with E-state index in [-0.39, 0.29) is 30.1 Å². The van der Waals surface area contributed by atoms with Crippen molar-refractivity contribution in [2.45, 2.75) is 50.2 Å². The summed E-state index contributed by atoms with van der Waals surface area (Å²) in [5, 5.41) is 38.2. The van der Waals surface area contributed by atoms with Crippen LogP contribution in [0.4, 0.5) is 10.2 Å². The van der Waals surface area contributed by atoms with Gasteiger partial charge in [0.1, 0.15) is 48.6 Å². The summed E-state index contributed by atoms with van der Waals surface area (Å²) in [4.78, 5) is 28.7. The van der Waals surface area contributed by atoms with Gasteiger partial charge in [0, 0.05) is 0 Å². The van der Waals surface area contributed by atoms with Crippen LogP contribution in [0.1, 0.15) is 25.1 Å². The molecule has 0 radical (unpaired) electrons. The second kappa shape index (κ2) is 10.8. The van der Waals surface area contributed by atoms with Crippen molar-refractivity contribution < 1.29 is 33.7 Å². The number of nitrogens with one attached hydrogen (secondary N) is 1. The van der Waals surface area contributed by atoms with Crippen LogP contribution in [-0.2, 0) is 31.1 Å². The lowest BCUT2D eigenvalue weighted by molar-refractivity contribution is -0.154. The van der Waals surface area contributed by atoms with Gasteiger partial charge in [-0.3, -0.25) is 9.59 Å². The molecule has 1 amide bonds. The number of anilines is 1. The molecule has 1 fully saturated rings. The Kier molecular flexibility index (Phi) is 7.70. The highest BCUT2D eigenvalue weighted by molar-refractivity contribution is 5.97. The van der Waals surface area contributed by atoms with Crippen molar-refractivity contribution in [3.63, 3.8) is 0 Å². The summed E-state index contributed by atoms with van der Waals surface area (Å²) in [7, 11) is 0. The Morgan fingerprint density at radius 2 is 2.00 bits per heavy atom. The lowest BCUT2D eigenvalue weighted by Crippen LogP contribution is -2.41. The largest absolute Gasteiger partial charge is 0.463 e. The zero-order valence-electron chi connectivity index (χ0n) is 20.6. The van der Waals surface area contributed by atoms with Crippen molar-refractivity contribution in [3.05, 3.63) is 59.8 Å². The summed E-state index contributed by atoms with van der Waals surface area (Å²) >= 11 is 0. The number of hydrogen-bond acceptors (Lipinski definition) is 10. The first-order valence-electron chi connectivity index (χ1n) is 11.8. The molecule has 2 aromatic heterocycles. The first-order chi connectivity index (χ1) is 18.1. The minimum atomic E-state index is -2.06. The molecule has 12 nitrogen and oxygen atoms in total. The van der Waals surface area contributed by atoms with Crippen molar-refractivity contribution in [1.29, 1.82) is 5.26 Å². The Bertz CT molecular complexity index is 1370. The number of halogens is 1. The summed E-state index contributed by atoms with van der Waals surface area (Å²) in [5.41, 5.74) is 4.96. The molecule has 0 saturated carbocycles. The second-order valence-electron chi connectivity index (χ2n) is 9.27. The number of nitrogens with zero attached hydrogens (tertiary/aromatic N) is 4. The molecule has 1 aliphatic rings. The number of aromatic nitrogens is 3. The van der Waals surface area contributed by atoms with Crippen molar-refractivity contribution >= 4 is 23.2 Å². The maximum atomic E-state index is 13.1. The Labute approximate surface area is 216 Å². The van der Waals surface area contributed by atoms with Gasteiger partial charge in [0.25, 0.3) is 0 Å². The van der Waals surface area contributed by atoms with Crippen LogP contribution in [0.15, 0.2) is 42.7 Å². The number of aliphatic hydroxyl groups is 2. The smallest absolute Gasteiger partial charge is 0.308 e. The number of carbonyl (C=O) groups is 2. The molecule has 13 heteroatoms. The van der Waals surface area contributed by atoms with E-state index in [0.717, 1.165) is 6.33 Å². The fourth-order valence-electron chi connectivity index (χ4n) is 4.13. The van der Waals surface area contributed by atoms with Gasteiger partial charge in [-0.1, -0.05) is 26.0 Å². The summed E-state index contributed by atoms with van der Waals surface area (Å²) < 4.78 is 25.3. The van der Waals surface area contributed by atoms with E-state index in [2.05, 4.69) is 15.4 Å². The number of fused-ring (bicyclic) bond motifs is 1. The van der Waals surface area contributed by atoms with Gasteiger partial charge in [0.05, 0.1) is 17.7 Å². The number of benzene rings is 1. The van der Waals surface area contributed by atoms with Crippen LogP contribution >= 0.6 is 0 Å². The Balaban J connectivity index is 1.56. The van der Waals surface area contributed by atoms with Gasteiger partial charge in [-0.15, -0.1) is 0 Å². The molecule has 0 aliphatic carbocycles. The Hall–Kier alpha value is -3.96. The number of amides is 1. The van der Waals surface area contributed by atoms with E-state index >= 15 is 0 Å². The highest BCUT2D eigenvalue weighted by Crippen LogP contribution is 2.40. The Morgan fingerprint density at radius 3 is 2.66 bits per heavy atom. The van der Waals surface area contributed by atoms with E-state index in [0.29, 0.717) is 5.56 Å². The van der Waals surface area contributed by atoms with Gasteiger partial charge in [-0.2, -0.15) is 10.4 Å². The molecule has 0 bridgehead atoms. The quantitative estimate of drug-likeness (QED) is 0.300. The third-order valence-corrected chi connectivity index (χ3v) is 6.27. The minimum absolute atomic E-state index is 0.0627. The van der Waals surface area contributed by atoms with Crippen molar-refractivity contribution in [2.75, 3.05) is 11.9 Å². The van der Waals surface area contributed by atoms with Crippen molar-refractivity contribution in [1.82, 2.24) is 14.6 Å².